The first-order valence-corrected chi connectivity index (χ1v) is 4.07. The molecule has 0 bridgehead atoms. The summed E-state index contributed by atoms with van der Waals surface area (Å²) in [5.41, 5.74) is -0.534. The molecule has 0 aliphatic rings. The van der Waals surface area contributed by atoms with Crippen molar-refractivity contribution in [2.75, 3.05) is 0 Å². The third kappa shape index (κ3) is 2.75. The molecule has 0 aliphatic heterocycles. The number of aryl methyl sites for hydroxylation is 1. The van der Waals surface area contributed by atoms with Crippen LogP contribution in [0.3, 0.4) is 0 Å². The highest BCUT2D eigenvalue weighted by atomic mass is 19.4. The number of hydrogen-bond acceptors (Lipinski definition) is 1. The average molecular weight is 191 g/mol. The number of H-pyrrole nitrogens is 1. The molecule has 1 aromatic rings. The summed E-state index contributed by atoms with van der Waals surface area (Å²) >= 11 is 0. The van der Waals surface area contributed by atoms with E-state index in [4.69, 9.17) is 0 Å². The highest BCUT2D eigenvalue weighted by Crippen LogP contribution is 2.27. The van der Waals surface area contributed by atoms with Crippen LogP contribution in [-0.4, -0.2) is 10.2 Å². The van der Waals surface area contributed by atoms with Crippen LogP contribution in [0.4, 0.5) is 13.2 Å². The Bertz CT molecular complexity index is 265. The molecular formula is C8H10F3N2. The maximum Gasteiger partial charge on any atom is 0.435 e. The van der Waals surface area contributed by atoms with Gasteiger partial charge in [0, 0.05) is 11.8 Å². The third-order valence-electron chi connectivity index (χ3n) is 1.62. The van der Waals surface area contributed by atoms with Crippen molar-refractivity contribution in [1.82, 2.24) is 10.2 Å². The van der Waals surface area contributed by atoms with E-state index in [0.29, 0.717) is 12.1 Å². The molecule has 73 valence electrons. The smallest absolute Gasteiger partial charge is 0.281 e. The first-order valence-electron chi connectivity index (χ1n) is 4.07. The van der Waals surface area contributed by atoms with E-state index >= 15 is 0 Å². The Labute approximate surface area is 74.1 Å². The zero-order chi connectivity index (χ0) is 9.90. The molecule has 0 saturated heterocycles. The lowest BCUT2D eigenvalue weighted by atomic mass is 10.2. The van der Waals surface area contributed by atoms with Crippen LogP contribution in [0.25, 0.3) is 0 Å². The molecule has 0 aromatic carbocycles. The molecule has 2 nitrogen and oxygen atoms in total. The summed E-state index contributed by atoms with van der Waals surface area (Å²) < 4.78 is 36.0. The third-order valence-corrected chi connectivity index (χ3v) is 1.62. The lowest BCUT2D eigenvalue weighted by Gasteiger charge is -1.98. The highest BCUT2D eigenvalue weighted by molar-refractivity contribution is 5.09. The second-order valence-electron chi connectivity index (χ2n) is 2.78. The molecule has 0 spiro atoms. The molecule has 1 rings (SSSR count). The van der Waals surface area contributed by atoms with Crippen LogP contribution in [0.5, 0.6) is 0 Å². The Balaban J connectivity index is 2.64. The fourth-order valence-corrected chi connectivity index (χ4v) is 0.928. The summed E-state index contributed by atoms with van der Waals surface area (Å²) in [6, 6.07) is 2.20. The Morgan fingerprint density at radius 1 is 1.46 bits per heavy atom. The van der Waals surface area contributed by atoms with Crippen LogP contribution < -0.4 is 0 Å². The van der Waals surface area contributed by atoms with E-state index in [0.717, 1.165) is 12.8 Å². The van der Waals surface area contributed by atoms with Crippen LogP contribution in [0, 0.1) is 6.07 Å². The van der Waals surface area contributed by atoms with E-state index in [2.05, 4.69) is 16.3 Å². The molecule has 5 heteroatoms. The van der Waals surface area contributed by atoms with Gasteiger partial charge in [-0.15, -0.1) is 0 Å². The monoisotopic (exact) mass is 191 g/mol. The molecule has 1 heterocycles. The second kappa shape index (κ2) is 3.81. The number of unbranched alkanes of at least 4 members (excludes halogenated alkanes) is 1. The molecule has 0 aliphatic carbocycles. The van der Waals surface area contributed by atoms with Crippen LogP contribution in [0.1, 0.15) is 31.2 Å². The van der Waals surface area contributed by atoms with Crippen LogP contribution in [-0.2, 0) is 12.6 Å². The van der Waals surface area contributed by atoms with Crippen molar-refractivity contribution < 1.29 is 13.2 Å². The number of aromatic amines is 1. The Morgan fingerprint density at radius 3 is 2.62 bits per heavy atom. The average Bonchev–Trinajstić information content (AvgIpc) is 2.47. The SMILES string of the molecule is CCCCc1[c]c(C(F)(F)F)n[nH]1. The van der Waals surface area contributed by atoms with Gasteiger partial charge >= 0.3 is 6.18 Å². The van der Waals surface area contributed by atoms with Crippen molar-refractivity contribution in [1.29, 1.82) is 0 Å². The van der Waals surface area contributed by atoms with Crippen molar-refractivity contribution in [3.8, 4) is 0 Å². The zero-order valence-electron chi connectivity index (χ0n) is 7.20. The first kappa shape index (κ1) is 10.1. The quantitative estimate of drug-likeness (QED) is 0.781. The lowest BCUT2D eigenvalue weighted by Crippen LogP contribution is -2.05. The Hall–Kier alpha value is -1.00. The molecule has 0 saturated carbocycles. The summed E-state index contributed by atoms with van der Waals surface area (Å²) in [5.74, 6) is 0. The van der Waals surface area contributed by atoms with E-state index in [-0.39, 0.29) is 0 Å². The van der Waals surface area contributed by atoms with Gasteiger partial charge in [0.15, 0.2) is 5.69 Å². The summed E-state index contributed by atoms with van der Waals surface area (Å²) in [7, 11) is 0. The maximum absolute atomic E-state index is 12.0. The van der Waals surface area contributed by atoms with Gasteiger partial charge < -0.3 is 0 Å². The minimum absolute atomic E-state index is 0.425. The number of nitrogens with one attached hydrogen (secondary N) is 1. The van der Waals surface area contributed by atoms with Gasteiger partial charge in [-0.3, -0.25) is 5.10 Å². The minimum Gasteiger partial charge on any atom is -0.281 e. The van der Waals surface area contributed by atoms with Gasteiger partial charge in [0.25, 0.3) is 0 Å². The molecular weight excluding hydrogens is 181 g/mol. The molecule has 13 heavy (non-hydrogen) atoms. The van der Waals surface area contributed by atoms with Gasteiger partial charge in [0.2, 0.25) is 0 Å². The fraction of sp³-hybridized carbons (Fsp3) is 0.625. The second-order valence-corrected chi connectivity index (χ2v) is 2.78. The molecule has 0 atom stereocenters. The molecule has 0 amide bonds. The number of aromatic nitrogens is 2. The number of alkyl halides is 3. The highest BCUT2D eigenvalue weighted by Gasteiger charge is 2.34. The Kier molecular flexibility index (Phi) is 2.95. The summed E-state index contributed by atoms with van der Waals surface area (Å²) in [6.07, 6.45) is -2.04. The predicted octanol–water partition coefficient (Wildman–Crippen LogP) is 2.57. The number of rotatable bonds is 3. The summed E-state index contributed by atoms with van der Waals surface area (Å²) in [6.45, 7) is 1.97. The number of nitrogens with zero attached hydrogens (tertiary/aromatic N) is 1. The van der Waals surface area contributed by atoms with Gasteiger partial charge in [-0.1, -0.05) is 13.3 Å². The van der Waals surface area contributed by atoms with Crippen molar-refractivity contribution in [3.05, 3.63) is 17.5 Å². The van der Waals surface area contributed by atoms with Crippen LogP contribution in [0.15, 0.2) is 0 Å². The van der Waals surface area contributed by atoms with Crippen molar-refractivity contribution in [2.24, 2.45) is 0 Å². The standard InChI is InChI=1S/C8H10F3N2/c1-2-3-4-6-5-7(13-12-6)8(9,10)11/h2-4H2,1H3,(H,12,13). The van der Waals surface area contributed by atoms with Gasteiger partial charge in [-0.2, -0.15) is 18.3 Å². The van der Waals surface area contributed by atoms with Crippen molar-refractivity contribution >= 4 is 0 Å². The van der Waals surface area contributed by atoms with Gasteiger partial charge in [0.05, 0.1) is 0 Å². The zero-order valence-corrected chi connectivity index (χ0v) is 7.20. The number of hydrogen-bond donors (Lipinski definition) is 1. The first-order chi connectivity index (χ1) is 6.04. The topological polar surface area (TPSA) is 28.7 Å². The molecule has 1 radical (unpaired) electrons. The molecule has 1 N–H and O–H groups in total. The lowest BCUT2D eigenvalue weighted by molar-refractivity contribution is -0.141. The largest absolute Gasteiger partial charge is 0.435 e. The molecule has 1 aromatic heterocycles. The van der Waals surface area contributed by atoms with Crippen molar-refractivity contribution in [3.63, 3.8) is 0 Å². The van der Waals surface area contributed by atoms with Gasteiger partial charge in [0.1, 0.15) is 0 Å². The van der Waals surface area contributed by atoms with E-state index in [1.165, 1.54) is 0 Å². The normalized spacial score (nSPS) is 12.0. The fourth-order valence-electron chi connectivity index (χ4n) is 0.928. The van der Waals surface area contributed by atoms with E-state index in [1.54, 1.807) is 0 Å². The van der Waals surface area contributed by atoms with E-state index in [9.17, 15) is 13.2 Å². The van der Waals surface area contributed by atoms with E-state index in [1.807, 2.05) is 6.92 Å². The number of halogens is 3. The molecule has 0 unspecified atom stereocenters. The van der Waals surface area contributed by atoms with Gasteiger partial charge in [-0.25, -0.2) is 0 Å². The predicted molar refractivity (Wildman–Crippen MR) is 41.0 cm³/mol. The van der Waals surface area contributed by atoms with Crippen molar-refractivity contribution in [2.45, 2.75) is 32.4 Å². The Morgan fingerprint density at radius 2 is 2.15 bits per heavy atom. The maximum atomic E-state index is 12.0. The van der Waals surface area contributed by atoms with Crippen LogP contribution >= 0.6 is 0 Å². The van der Waals surface area contributed by atoms with Gasteiger partial charge in [-0.05, 0) is 12.8 Å². The van der Waals surface area contributed by atoms with Crippen LogP contribution in [0.2, 0.25) is 0 Å². The summed E-state index contributed by atoms with van der Waals surface area (Å²) in [4.78, 5) is 0. The summed E-state index contributed by atoms with van der Waals surface area (Å²) in [5, 5.41) is 5.46. The van der Waals surface area contributed by atoms with E-state index < -0.39 is 11.9 Å². The molecule has 0 fully saturated rings. The minimum atomic E-state index is -4.39.